The van der Waals surface area contributed by atoms with Crippen LogP contribution in [0.1, 0.15) is 37.7 Å². The van der Waals surface area contributed by atoms with E-state index in [1.807, 2.05) is 6.07 Å². The average molecular weight is 377 g/mol. The molecule has 0 spiro atoms. The first kappa shape index (κ1) is 14.5. The molecule has 1 aromatic carbocycles. The standard InChI is InChI=1S/C14H19Br2NO/c15-12-5-4-11(8-13(12)16)9-17-10-14(18)6-2-1-3-7-14/h4-5,8,17-18H,1-3,6-7,9-10H2. The second-order valence-corrected chi connectivity index (χ2v) is 6.85. The summed E-state index contributed by atoms with van der Waals surface area (Å²) < 4.78 is 2.13. The fraction of sp³-hybridized carbons (Fsp3) is 0.571. The number of hydrogen-bond acceptors (Lipinski definition) is 2. The number of rotatable bonds is 4. The zero-order valence-corrected chi connectivity index (χ0v) is 13.6. The van der Waals surface area contributed by atoms with Crippen molar-refractivity contribution < 1.29 is 5.11 Å². The summed E-state index contributed by atoms with van der Waals surface area (Å²) in [5.74, 6) is 0. The Bertz CT molecular complexity index is 403. The number of nitrogens with one attached hydrogen (secondary N) is 1. The minimum Gasteiger partial charge on any atom is -0.389 e. The second-order valence-electron chi connectivity index (χ2n) is 5.14. The SMILES string of the molecule is OC1(CNCc2ccc(Br)c(Br)c2)CCCCC1. The monoisotopic (exact) mass is 375 g/mol. The van der Waals surface area contributed by atoms with Gasteiger partial charge in [-0.2, -0.15) is 0 Å². The molecule has 0 bridgehead atoms. The van der Waals surface area contributed by atoms with Crippen LogP contribution >= 0.6 is 31.9 Å². The molecule has 1 aliphatic rings. The molecule has 0 heterocycles. The predicted octanol–water partition coefficient (Wildman–Crippen LogP) is 4.00. The maximum absolute atomic E-state index is 10.4. The third-order valence-electron chi connectivity index (χ3n) is 3.55. The molecular formula is C14H19Br2NO. The van der Waals surface area contributed by atoms with Gasteiger partial charge in [0.15, 0.2) is 0 Å². The van der Waals surface area contributed by atoms with Gasteiger partial charge < -0.3 is 10.4 Å². The first-order valence-electron chi connectivity index (χ1n) is 6.46. The molecule has 0 saturated heterocycles. The Labute approximate surface area is 125 Å². The van der Waals surface area contributed by atoms with Crippen LogP contribution in [-0.2, 0) is 6.54 Å². The number of aliphatic hydroxyl groups is 1. The largest absolute Gasteiger partial charge is 0.389 e. The molecule has 1 saturated carbocycles. The zero-order chi connectivity index (χ0) is 13.0. The maximum atomic E-state index is 10.4. The molecule has 1 fully saturated rings. The molecule has 1 aromatic rings. The lowest BCUT2D eigenvalue weighted by atomic mass is 9.85. The Morgan fingerprint density at radius 2 is 1.83 bits per heavy atom. The average Bonchev–Trinajstić information content (AvgIpc) is 2.34. The Kier molecular flexibility index (Phi) is 5.24. The zero-order valence-electron chi connectivity index (χ0n) is 10.4. The van der Waals surface area contributed by atoms with Crippen molar-refractivity contribution >= 4 is 31.9 Å². The summed E-state index contributed by atoms with van der Waals surface area (Å²) in [6, 6.07) is 6.23. The fourth-order valence-corrected chi connectivity index (χ4v) is 3.15. The normalized spacial score (nSPS) is 18.8. The lowest BCUT2D eigenvalue weighted by Gasteiger charge is -2.32. The summed E-state index contributed by atoms with van der Waals surface area (Å²) in [7, 11) is 0. The number of halogens is 2. The minimum atomic E-state index is -0.481. The molecule has 2 nitrogen and oxygen atoms in total. The predicted molar refractivity (Wildman–Crippen MR) is 81.6 cm³/mol. The first-order chi connectivity index (χ1) is 8.59. The lowest BCUT2D eigenvalue weighted by molar-refractivity contribution is 0.00467. The molecule has 0 atom stereocenters. The number of benzene rings is 1. The Morgan fingerprint density at radius 3 is 2.50 bits per heavy atom. The van der Waals surface area contributed by atoms with E-state index in [9.17, 15) is 5.11 Å². The van der Waals surface area contributed by atoms with E-state index >= 15 is 0 Å². The number of hydrogen-bond donors (Lipinski definition) is 2. The van der Waals surface area contributed by atoms with Gasteiger partial charge >= 0.3 is 0 Å². The van der Waals surface area contributed by atoms with Gasteiger partial charge in [-0.1, -0.05) is 25.3 Å². The maximum Gasteiger partial charge on any atom is 0.0771 e. The summed E-state index contributed by atoms with van der Waals surface area (Å²) >= 11 is 6.96. The van der Waals surface area contributed by atoms with E-state index < -0.39 is 5.60 Å². The van der Waals surface area contributed by atoms with Crippen LogP contribution < -0.4 is 5.32 Å². The molecule has 0 aliphatic heterocycles. The van der Waals surface area contributed by atoms with Gasteiger partial charge in [0.1, 0.15) is 0 Å². The van der Waals surface area contributed by atoms with Crippen LogP contribution in [0.3, 0.4) is 0 Å². The minimum absolute atomic E-state index is 0.481. The van der Waals surface area contributed by atoms with Crippen LogP contribution in [0.4, 0.5) is 0 Å². The second kappa shape index (κ2) is 6.51. The summed E-state index contributed by atoms with van der Waals surface area (Å²) in [5.41, 5.74) is 0.745. The molecule has 4 heteroatoms. The molecular weight excluding hydrogens is 358 g/mol. The van der Waals surface area contributed by atoms with Crippen molar-refractivity contribution in [3.63, 3.8) is 0 Å². The van der Waals surface area contributed by atoms with Gasteiger partial charge in [-0.3, -0.25) is 0 Å². The Balaban J connectivity index is 1.82. The molecule has 0 amide bonds. The van der Waals surface area contributed by atoms with Crippen molar-refractivity contribution in [1.82, 2.24) is 5.32 Å². The van der Waals surface area contributed by atoms with E-state index in [1.165, 1.54) is 12.0 Å². The van der Waals surface area contributed by atoms with Crippen molar-refractivity contribution in [1.29, 1.82) is 0 Å². The topological polar surface area (TPSA) is 32.3 Å². The van der Waals surface area contributed by atoms with E-state index in [4.69, 9.17) is 0 Å². The molecule has 0 radical (unpaired) electrons. The highest BCUT2D eigenvalue weighted by atomic mass is 79.9. The van der Waals surface area contributed by atoms with E-state index in [0.29, 0.717) is 6.54 Å². The van der Waals surface area contributed by atoms with Crippen LogP contribution in [0.15, 0.2) is 27.1 Å². The highest BCUT2D eigenvalue weighted by Gasteiger charge is 2.28. The molecule has 2 rings (SSSR count). The van der Waals surface area contributed by atoms with Crippen LogP contribution in [0.2, 0.25) is 0 Å². The van der Waals surface area contributed by atoms with Crippen molar-refractivity contribution in [2.24, 2.45) is 0 Å². The van der Waals surface area contributed by atoms with Crippen LogP contribution in [0.25, 0.3) is 0 Å². The molecule has 0 aromatic heterocycles. The van der Waals surface area contributed by atoms with Crippen molar-refractivity contribution in [2.45, 2.75) is 44.2 Å². The van der Waals surface area contributed by atoms with Gasteiger partial charge in [-0.05, 0) is 62.4 Å². The van der Waals surface area contributed by atoms with E-state index in [2.05, 4.69) is 49.3 Å². The van der Waals surface area contributed by atoms with E-state index in [-0.39, 0.29) is 0 Å². The lowest BCUT2D eigenvalue weighted by Crippen LogP contribution is -2.41. The highest BCUT2D eigenvalue weighted by Crippen LogP contribution is 2.27. The van der Waals surface area contributed by atoms with Crippen LogP contribution in [-0.4, -0.2) is 17.3 Å². The molecule has 18 heavy (non-hydrogen) atoms. The Hall–Kier alpha value is 0.1000. The first-order valence-corrected chi connectivity index (χ1v) is 8.05. The molecule has 2 N–H and O–H groups in total. The van der Waals surface area contributed by atoms with Gasteiger partial charge in [0.25, 0.3) is 0 Å². The van der Waals surface area contributed by atoms with Crippen molar-refractivity contribution in [3.05, 3.63) is 32.7 Å². The van der Waals surface area contributed by atoms with Gasteiger partial charge in [0.2, 0.25) is 0 Å². The van der Waals surface area contributed by atoms with E-state index in [0.717, 1.165) is 41.2 Å². The van der Waals surface area contributed by atoms with Gasteiger partial charge in [-0.25, -0.2) is 0 Å². The van der Waals surface area contributed by atoms with Crippen LogP contribution in [0, 0.1) is 0 Å². The fourth-order valence-electron chi connectivity index (χ4n) is 2.48. The smallest absolute Gasteiger partial charge is 0.0771 e. The van der Waals surface area contributed by atoms with Gasteiger partial charge in [0.05, 0.1) is 5.60 Å². The summed E-state index contributed by atoms with van der Waals surface area (Å²) in [5, 5.41) is 13.7. The van der Waals surface area contributed by atoms with E-state index in [1.54, 1.807) is 0 Å². The highest BCUT2D eigenvalue weighted by molar-refractivity contribution is 9.13. The summed E-state index contributed by atoms with van der Waals surface area (Å²) in [6.07, 6.45) is 5.44. The van der Waals surface area contributed by atoms with Gasteiger partial charge in [-0.15, -0.1) is 0 Å². The molecule has 100 valence electrons. The summed E-state index contributed by atoms with van der Waals surface area (Å²) in [6.45, 7) is 1.49. The summed E-state index contributed by atoms with van der Waals surface area (Å²) in [4.78, 5) is 0. The molecule has 1 aliphatic carbocycles. The van der Waals surface area contributed by atoms with Crippen LogP contribution in [0.5, 0.6) is 0 Å². The Morgan fingerprint density at radius 1 is 1.11 bits per heavy atom. The van der Waals surface area contributed by atoms with Gasteiger partial charge in [0, 0.05) is 22.0 Å². The van der Waals surface area contributed by atoms with Crippen molar-refractivity contribution in [2.75, 3.05) is 6.54 Å². The third kappa shape index (κ3) is 4.05. The molecule has 0 unspecified atom stereocenters. The third-order valence-corrected chi connectivity index (χ3v) is 5.43. The quantitative estimate of drug-likeness (QED) is 0.832. The van der Waals surface area contributed by atoms with Crippen molar-refractivity contribution in [3.8, 4) is 0 Å².